The third kappa shape index (κ3) is 1.87. The van der Waals surface area contributed by atoms with E-state index in [1.807, 2.05) is 13.8 Å². The molecule has 1 heterocycles. The van der Waals surface area contributed by atoms with E-state index in [0.29, 0.717) is 18.5 Å². The van der Waals surface area contributed by atoms with Crippen molar-refractivity contribution >= 4 is 17.5 Å². The molecule has 4 heteroatoms. The van der Waals surface area contributed by atoms with Crippen LogP contribution in [0, 0.1) is 17.7 Å². The summed E-state index contributed by atoms with van der Waals surface area (Å²) in [6.45, 7) is 4.04. The lowest BCUT2D eigenvalue weighted by molar-refractivity contribution is -0.122. The van der Waals surface area contributed by atoms with Crippen LogP contribution in [0.25, 0.3) is 0 Å². The summed E-state index contributed by atoms with van der Waals surface area (Å²) in [7, 11) is 0. The maximum absolute atomic E-state index is 13.0. The molecule has 1 aliphatic heterocycles. The van der Waals surface area contributed by atoms with Gasteiger partial charge in [0.25, 0.3) is 0 Å². The van der Waals surface area contributed by atoms with Gasteiger partial charge in [0, 0.05) is 0 Å². The molecule has 1 fully saturated rings. The highest BCUT2D eigenvalue weighted by Gasteiger charge is 2.49. The molecule has 0 saturated carbocycles. The highest BCUT2D eigenvalue weighted by Crippen LogP contribution is 2.42. The fourth-order valence-electron chi connectivity index (χ4n) is 3.10. The third-order valence-electron chi connectivity index (χ3n) is 4.43. The molecule has 104 valence electrons. The number of carbonyl (C=O) groups excluding carboxylic acids is 2. The number of fused-ring (bicyclic) bond motifs is 1. The molecule has 3 rings (SSSR count). The summed E-state index contributed by atoms with van der Waals surface area (Å²) < 4.78 is 13.0. The number of allylic oxidation sites excluding steroid dienone is 2. The lowest BCUT2D eigenvalue weighted by atomic mass is 9.78. The van der Waals surface area contributed by atoms with Crippen LogP contribution in [0.15, 0.2) is 35.4 Å². The predicted molar refractivity (Wildman–Crippen MR) is 73.5 cm³/mol. The van der Waals surface area contributed by atoms with Crippen molar-refractivity contribution < 1.29 is 14.0 Å². The largest absolute Gasteiger partial charge is 0.274 e. The van der Waals surface area contributed by atoms with E-state index in [-0.39, 0.29) is 29.5 Å². The van der Waals surface area contributed by atoms with Crippen LogP contribution in [0.2, 0.25) is 0 Å². The number of rotatable bonds is 1. The molecule has 1 saturated heterocycles. The number of hydrogen-bond acceptors (Lipinski definition) is 2. The Kier molecular flexibility index (Phi) is 2.96. The number of benzene rings is 1. The summed E-state index contributed by atoms with van der Waals surface area (Å²) in [5.74, 6) is -1.19. The summed E-state index contributed by atoms with van der Waals surface area (Å²) in [5, 5.41) is 0. The summed E-state index contributed by atoms with van der Waals surface area (Å²) in [6.07, 6.45) is 1.30. The highest BCUT2D eigenvalue weighted by molar-refractivity contribution is 6.22. The van der Waals surface area contributed by atoms with Crippen LogP contribution in [0.5, 0.6) is 0 Å². The third-order valence-corrected chi connectivity index (χ3v) is 4.43. The second-order valence-electron chi connectivity index (χ2n) is 5.67. The molecule has 0 radical (unpaired) electrons. The molecular weight excluding hydrogens is 257 g/mol. The van der Waals surface area contributed by atoms with Gasteiger partial charge in [-0.1, -0.05) is 11.1 Å². The van der Waals surface area contributed by atoms with Gasteiger partial charge >= 0.3 is 0 Å². The molecule has 2 atom stereocenters. The first-order valence-electron chi connectivity index (χ1n) is 6.77. The van der Waals surface area contributed by atoms with E-state index in [2.05, 4.69) is 0 Å². The highest BCUT2D eigenvalue weighted by atomic mass is 19.1. The Morgan fingerprint density at radius 2 is 1.40 bits per heavy atom. The van der Waals surface area contributed by atoms with E-state index in [9.17, 15) is 14.0 Å². The number of halogens is 1. The number of hydrogen-bond donors (Lipinski definition) is 0. The SMILES string of the molecule is CC1=C(C)C[C@H]2C(=O)N(c3ccc(F)cc3)C(=O)[C@H]2C1. The number of amides is 2. The molecule has 0 N–H and O–H groups in total. The smallest absolute Gasteiger partial charge is 0.238 e. The molecule has 3 nitrogen and oxygen atoms in total. The van der Waals surface area contributed by atoms with Gasteiger partial charge in [-0.05, 0) is 51.0 Å². The van der Waals surface area contributed by atoms with Crippen LogP contribution in [-0.4, -0.2) is 11.8 Å². The Hall–Kier alpha value is -1.97. The van der Waals surface area contributed by atoms with Gasteiger partial charge in [0.15, 0.2) is 0 Å². The molecule has 0 unspecified atom stereocenters. The zero-order chi connectivity index (χ0) is 14.4. The molecule has 0 aromatic heterocycles. The van der Waals surface area contributed by atoms with Crippen molar-refractivity contribution in [1.29, 1.82) is 0 Å². The predicted octanol–water partition coefficient (Wildman–Crippen LogP) is 3.06. The number of carbonyl (C=O) groups is 2. The minimum atomic E-state index is -0.376. The second-order valence-corrected chi connectivity index (χ2v) is 5.67. The first-order valence-corrected chi connectivity index (χ1v) is 6.77. The normalized spacial score (nSPS) is 26.2. The maximum Gasteiger partial charge on any atom is 0.238 e. The van der Waals surface area contributed by atoms with Gasteiger partial charge in [-0.3, -0.25) is 14.5 Å². The van der Waals surface area contributed by atoms with Crippen LogP contribution in [0.4, 0.5) is 10.1 Å². The lowest BCUT2D eigenvalue weighted by Gasteiger charge is -2.23. The van der Waals surface area contributed by atoms with Gasteiger partial charge in [0.2, 0.25) is 11.8 Å². The Balaban J connectivity index is 1.95. The molecule has 0 bridgehead atoms. The standard InChI is InChI=1S/C16H16FNO2/c1-9-7-13-14(8-10(9)2)16(20)18(15(13)19)12-5-3-11(17)4-6-12/h3-6,13-14H,7-8H2,1-2H3/t13-,14+. The number of nitrogens with zero attached hydrogens (tertiary/aromatic N) is 1. The van der Waals surface area contributed by atoms with Crippen LogP contribution in [-0.2, 0) is 9.59 Å². The molecule has 0 spiro atoms. The first kappa shape index (κ1) is 13.0. The van der Waals surface area contributed by atoms with E-state index in [1.165, 1.54) is 40.3 Å². The molecule has 1 aromatic rings. The fourth-order valence-corrected chi connectivity index (χ4v) is 3.10. The van der Waals surface area contributed by atoms with E-state index < -0.39 is 0 Å². The van der Waals surface area contributed by atoms with Crippen LogP contribution >= 0.6 is 0 Å². The molecule has 1 aliphatic carbocycles. The Morgan fingerprint density at radius 1 is 0.950 bits per heavy atom. The van der Waals surface area contributed by atoms with Crippen molar-refractivity contribution in [3.8, 4) is 0 Å². The van der Waals surface area contributed by atoms with Crippen molar-refractivity contribution in [3.05, 3.63) is 41.2 Å². The molecule has 2 aliphatic rings. The van der Waals surface area contributed by atoms with Crippen LogP contribution < -0.4 is 4.90 Å². The van der Waals surface area contributed by atoms with Gasteiger partial charge in [0.1, 0.15) is 5.82 Å². The number of anilines is 1. The quantitative estimate of drug-likeness (QED) is 0.582. The Morgan fingerprint density at radius 3 is 1.85 bits per heavy atom. The first-order chi connectivity index (χ1) is 9.49. The monoisotopic (exact) mass is 273 g/mol. The van der Waals surface area contributed by atoms with Crippen molar-refractivity contribution in [2.24, 2.45) is 11.8 Å². The minimum absolute atomic E-state index is 0.154. The topological polar surface area (TPSA) is 37.4 Å². The summed E-state index contributed by atoms with van der Waals surface area (Å²) in [5.41, 5.74) is 2.87. The Labute approximate surface area is 117 Å². The van der Waals surface area contributed by atoms with Gasteiger partial charge < -0.3 is 0 Å². The summed E-state index contributed by atoms with van der Waals surface area (Å²) in [4.78, 5) is 26.2. The van der Waals surface area contributed by atoms with Gasteiger partial charge in [0.05, 0.1) is 17.5 Å². The van der Waals surface area contributed by atoms with Crippen LogP contribution in [0.3, 0.4) is 0 Å². The van der Waals surface area contributed by atoms with E-state index >= 15 is 0 Å². The Bertz CT molecular complexity index is 586. The van der Waals surface area contributed by atoms with Crippen molar-refractivity contribution in [3.63, 3.8) is 0 Å². The van der Waals surface area contributed by atoms with Gasteiger partial charge in [-0.15, -0.1) is 0 Å². The van der Waals surface area contributed by atoms with Crippen molar-refractivity contribution in [2.75, 3.05) is 4.90 Å². The molecular formula is C16H16FNO2. The number of imide groups is 1. The molecule has 20 heavy (non-hydrogen) atoms. The van der Waals surface area contributed by atoms with E-state index in [1.54, 1.807) is 0 Å². The van der Waals surface area contributed by atoms with Crippen molar-refractivity contribution in [1.82, 2.24) is 0 Å². The lowest BCUT2D eigenvalue weighted by Crippen LogP contribution is -2.30. The zero-order valence-corrected chi connectivity index (χ0v) is 11.5. The maximum atomic E-state index is 13.0. The average Bonchev–Trinajstić information content (AvgIpc) is 2.65. The van der Waals surface area contributed by atoms with Gasteiger partial charge in [-0.25, -0.2) is 4.39 Å². The van der Waals surface area contributed by atoms with Crippen LogP contribution in [0.1, 0.15) is 26.7 Å². The minimum Gasteiger partial charge on any atom is -0.274 e. The second kappa shape index (κ2) is 4.54. The van der Waals surface area contributed by atoms with E-state index in [0.717, 1.165) is 0 Å². The summed E-state index contributed by atoms with van der Waals surface area (Å²) in [6, 6.07) is 5.50. The van der Waals surface area contributed by atoms with Crippen molar-refractivity contribution in [2.45, 2.75) is 26.7 Å². The van der Waals surface area contributed by atoms with E-state index in [4.69, 9.17) is 0 Å². The average molecular weight is 273 g/mol. The molecule has 2 amide bonds. The van der Waals surface area contributed by atoms with Gasteiger partial charge in [-0.2, -0.15) is 0 Å². The fraction of sp³-hybridized carbons (Fsp3) is 0.375. The zero-order valence-electron chi connectivity index (χ0n) is 11.5. The summed E-state index contributed by atoms with van der Waals surface area (Å²) >= 11 is 0. The molecule has 1 aromatic carbocycles.